The number of benzene rings is 1. The molecular formula is C17H16F3N5O. The van der Waals surface area contributed by atoms with Crippen LogP contribution in [-0.4, -0.2) is 31.8 Å². The summed E-state index contributed by atoms with van der Waals surface area (Å²) in [5.41, 5.74) is -1.31. The van der Waals surface area contributed by atoms with Crippen LogP contribution in [0.1, 0.15) is 24.1 Å². The van der Waals surface area contributed by atoms with E-state index in [1.807, 2.05) is 0 Å². The van der Waals surface area contributed by atoms with E-state index in [1.54, 1.807) is 6.92 Å². The van der Waals surface area contributed by atoms with Crippen LogP contribution in [0.15, 0.2) is 43.4 Å². The maximum absolute atomic E-state index is 14.6. The predicted molar refractivity (Wildman–Crippen MR) is 85.5 cm³/mol. The zero-order valence-electron chi connectivity index (χ0n) is 14.1. The summed E-state index contributed by atoms with van der Waals surface area (Å²) < 4.78 is 49.5. The second kappa shape index (κ2) is 7.20. The van der Waals surface area contributed by atoms with Gasteiger partial charge in [0.1, 0.15) is 36.2 Å². The number of aromatic nitrogens is 5. The van der Waals surface area contributed by atoms with E-state index in [4.69, 9.17) is 4.74 Å². The zero-order chi connectivity index (χ0) is 18.7. The van der Waals surface area contributed by atoms with E-state index in [0.717, 1.165) is 18.3 Å². The van der Waals surface area contributed by atoms with Gasteiger partial charge in [-0.3, -0.25) is 0 Å². The van der Waals surface area contributed by atoms with Crippen molar-refractivity contribution in [3.05, 3.63) is 72.1 Å². The summed E-state index contributed by atoms with van der Waals surface area (Å²) >= 11 is 0. The van der Waals surface area contributed by atoms with Crippen molar-refractivity contribution in [2.24, 2.45) is 0 Å². The molecule has 6 nitrogen and oxygen atoms in total. The first-order chi connectivity index (χ1) is 12.5. The van der Waals surface area contributed by atoms with Gasteiger partial charge >= 0.3 is 0 Å². The van der Waals surface area contributed by atoms with Crippen molar-refractivity contribution in [3.8, 4) is 0 Å². The molecule has 0 bridgehead atoms. The van der Waals surface area contributed by atoms with Crippen LogP contribution in [0.3, 0.4) is 0 Å². The molecule has 2 unspecified atom stereocenters. The molecule has 26 heavy (non-hydrogen) atoms. The monoisotopic (exact) mass is 363 g/mol. The summed E-state index contributed by atoms with van der Waals surface area (Å²) in [6.07, 6.45) is 4.97. The van der Waals surface area contributed by atoms with Crippen molar-refractivity contribution in [2.45, 2.75) is 25.0 Å². The van der Waals surface area contributed by atoms with Gasteiger partial charge in [0, 0.05) is 24.7 Å². The third-order valence-corrected chi connectivity index (χ3v) is 4.42. The minimum Gasteiger partial charge on any atom is -0.371 e. The fourth-order valence-corrected chi connectivity index (χ4v) is 3.06. The number of ether oxygens (including phenoxy) is 1. The van der Waals surface area contributed by atoms with Crippen LogP contribution in [0, 0.1) is 17.5 Å². The Kier molecular flexibility index (Phi) is 4.99. The lowest BCUT2D eigenvalue weighted by Crippen LogP contribution is -2.41. The van der Waals surface area contributed by atoms with E-state index >= 15 is 0 Å². The number of rotatable bonds is 6. The van der Waals surface area contributed by atoms with Crippen LogP contribution < -0.4 is 0 Å². The molecule has 0 amide bonds. The standard InChI is InChI=1S/C17H16F3N5O/c1-11(16-15(20)6-21-8-23-16)17(26-2,7-25-10-22-9-24-25)13-4-3-12(18)5-14(13)19/h3-6,8-11H,7H2,1-2H3. The van der Waals surface area contributed by atoms with Gasteiger partial charge in [-0.1, -0.05) is 13.0 Å². The van der Waals surface area contributed by atoms with Crippen molar-refractivity contribution in [1.82, 2.24) is 24.7 Å². The highest BCUT2D eigenvalue weighted by Crippen LogP contribution is 2.42. The van der Waals surface area contributed by atoms with Gasteiger partial charge < -0.3 is 4.74 Å². The summed E-state index contributed by atoms with van der Waals surface area (Å²) in [7, 11) is 1.37. The normalized spacial score (nSPS) is 14.8. The van der Waals surface area contributed by atoms with Crippen LogP contribution in [-0.2, 0) is 16.9 Å². The van der Waals surface area contributed by atoms with Gasteiger partial charge in [0.2, 0.25) is 0 Å². The Bertz CT molecular complexity index is 890. The average Bonchev–Trinajstić information content (AvgIpc) is 3.13. The molecule has 0 aliphatic heterocycles. The Morgan fingerprint density at radius 3 is 2.58 bits per heavy atom. The third-order valence-electron chi connectivity index (χ3n) is 4.42. The number of nitrogens with zero attached hydrogens (tertiary/aromatic N) is 5. The van der Waals surface area contributed by atoms with Crippen LogP contribution >= 0.6 is 0 Å². The smallest absolute Gasteiger partial charge is 0.163 e. The van der Waals surface area contributed by atoms with Crippen molar-refractivity contribution in [1.29, 1.82) is 0 Å². The number of hydrogen-bond acceptors (Lipinski definition) is 5. The van der Waals surface area contributed by atoms with Crippen molar-refractivity contribution < 1.29 is 17.9 Å². The molecule has 2 heterocycles. The van der Waals surface area contributed by atoms with Crippen molar-refractivity contribution in [3.63, 3.8) is 0 Å². The van der Waals surface area contributed by atoms with E-state index in [1.165, 1.54) is 36.8 Å². The predicted octanol–water partition coefficient (Wildman–Crippen LogP) is 2.83. The molecule has 2 aromatic heterocycles. The average molecular weight is 363 g/mol. The van der Waals surface area contributed by atoms with Gasteiger partial charge in [0.05, 0.1) is 18.4 Å². The van der Waals surface area contributed by atoms with Crippen LogP contribution in [0.4, 0.5) is 13.2 Å². The fraction of sp³-hybridized carbons (Fsp3) is 0.294. The van der Waals surface area contributed by atoms with Crippen molar-refractivity contribution >= 4 is 0 Å². The Morgan fingerprint density at radius 1 is 1.15 bits per heavy atom. The topological polar surface area (TPSA) is 65.7 Å². The molecule has 0 radical (unpaired) electrons. The number of methoxy groups -OCH3 is 1. The van der Waals surface area contributed by atoms with Gasteiger partial charge in [-0.25, -0.2) is 32.8 Å². The maximum Gasteiger partial charge on any atom is 0.163 e. The van der Waals surface area contributed by atoms with E-state index in [9.17, 15) is 13.2 Å². The lowest BCUT2D eigenvalue weighted by atomic mass is 9.79. The number of hydrogen-bond donors (Lipinski definition) is 0. The van der Waals surface area contributed by atoms with E-state index in [0.29, 0.717) is 0 Å². The van der Waals surface area contributed by atoms with Gasteiger partial charge in [-0.05, 0) is 6.07 Å². The fourth-order valence-electron chi connectivity index (χ4n) is 3.06. The quantitative estimate of drug-likeness (QED) is 0.674. The molecule has 0 saturated carbocycles. The molecule has 0 N–H and O–H groups in total. The minimum atomic E-state index is -1.42. The molecule has 2 atom stereocenters. The van der Waals surface area contributed by atoms with Crippen LogP contribution in [0.25, 0.3) is 0 Å². The summed E-state index contributed by atoms with van der Waals surface area (Å²) in [6.45, 7) is 1.66. The number of halogens is 3. The molecule has 136 valence electrons. The Hall–Kier alpha value is -2.81. The lowest BCUT2D eigenvalue weighted by molar-refractivity contribution is -0.0555. The highest BCUT2D eigenvalue weighted by atomic mass is 19.1. The molecule has 0 aliphatic carbocycles. The first-order valence-electron chi connectivity index (χ1n) is 7.76. The Labute approximate surface area is 147 Å². The van der Waals surface area contributed by atoms with Gasteiger partial charge in [0.25, 0.3) is 0 Å². The molecule has 0 saturated heterocycles. The molecule has 1 aromatic carbocycles. The summed E-state index contributed by atoms with van der Waals surface area (Å²) in [5.74, 6) is -2.94. The highest BCUT2D eigenvalue weighted by molar-refractivity contribution is 5.30. The lowest BCUT2D eigenvalue weighted by Gasteiger charge is -2.38. The van der Waals surface area contributed by atoms with Gasteiger partial charge in [-0.15, -0.1) is 0 Å². The van der Waals surface area contributed by atoms with Gasteiger partial charge in [0.15, 0.2) is 5.82 Å². The second-order valence-electron chi connectivity index (χ2n) is 5.79. The minimum absolute atomic E-state index is 0.0106. The summed E-state index contributed by atoms with van der Waals surface area (Å²) in [4.78, 5) is 11.5. The Morgan fingerprint density at radius 2 is 1.96 bits per heavy atom. The van der Waals surface area contributed by atoms with Crippen molar-refractivity contribution in [2.75, 3.05) is 7.11 Å². The summed E-state index contributed by atoms with van der Waals surface area (Å²) in [6, 6.07) is 3.16. The third kappa shape index (κ3) is 3.17. The summed E-state index contributed by atoms with van der Waals surface area (Å²) in [5, 5.41) is 4.02. The SMILES string of the molecule is COC(Cn1cncn1)(c1ccc(F)cc1F)C(C)c1ncncc1F. The zero-order valence-corrected chi connectivity index (χ0v) is 14.1. The van der Waals surface area contributed by atoms with E-state index < -0.39 is 29.0 Å². The molecule has 0 fully saturated rings. The largest absolute Gasteiger partial charge is 0.371 e. The first-order valence-corrected chi connectivity index (χ1v) is 7.76. The molecule has 0 spiro atoms. The first kappa shape index (κ1) is 18.0. The van der Waals surface area contributed by atoms with Gasteiger partial charge in [-0.2, -0.15) is 5.10 Å². The molecule has 9 heteroatoms. The van der Waals surface area contributed by atoms with Crippen LogP contribution in [0.2, 0.25) is 0 Å². The molecule has 3 rings (SSSR count). The van der Waals surface area contributed by atoms with E-state index in [2.05, 4.69) is 20.1 Å². The molecule has 3 aromatic rings. The second-order valence-corrected chi connectivity index (χ2v) is 5.79. The highest BCUT2D eigenvalue weighted by Gasteiger charge is 2.44. The Balaban J connectivity index is 2.18. The van der Waals surface area contributed by atoms with Crippen LogP contribution in [0.5, 0.6) is 0 Å². The molecule has 0 aliphatic rings. The molecular weight excluding hydrogens is 347 g/mol. The van der Waals surface area contributed by atoms with E-state index in [-0.39, 0.29) is 17.8 Å². The maximum atomic E-state index is 14.6.